The number of methoxy groups -OCH3 is 2. The highest BCUT2D eigenvalue weighted by atomic mass is 16.5. The first-order valence-electron chi connectivity index (χ1n) is 7.79. The molecule has 0 N–H and O–H groups in total. The highest BCUT2D eigenvalue weighted by Crippen LogP contribution is 2.38. The summed E-state index contributed by atoms with van der Waals surface area (Å²) >= 11 is 0. The number of carbonyl (C=O) groups excluding carboxylic acids is 1. The van der Waals surface area contributed by atoms with Crippen LogP contribution in [0.2, 0.25) is 0 Å². The van der Waals surface area contributed by atoms with Gasteiger partial charge in [0.1, 0.15) is 0 Å². The topological polar surface area (TPSA) is 42.0 Å². The molecule has 0 saturated carbocycles. The third kappa shape index (κ3) is 3.44. The lowest BCUT2D eigenvalue weighted by Gasteiger charge is -2.30. The predicted molar refractivity (Wildman–Crippen MR) is 77.9 cm³/mol. The summed E-state index contributed by atoms with van der Waals surface area (Å²) in [6, 6.07) is 0. The van der Waals surface area contributed by atoms with Crippen molar-refractivity contribution in [3.05, 3.63) is 0 Å². The molecular weight excluding hydrogens is 256 g/mol. The molecule has 5 heteroatoms. The molecule has 0 aliphatic carbocycles. The van der Waals surface area contributed by atoms with Crippen molar-refractivity contribution < 1.29 is 14.3 Å². The maximum atomic E-state index is 10.7. The molecule has 0 aromatic heterocycles. The Bertz CT molecular complexity index is 306. The fourth-order valence-electron chi connectivity index (χ4n) is 3.76. The molecule has 0 bridgehead atoms. The Morgan fingerprint density at radius 2 is 1.60 bits per heavy atom. The second-order valence-corrected chi connectivity index (χ2v) is 6.02. The van der Waals surface area contributed by atoms with Crippen molar-refractivity contribution >= 4 is 6.09 Å². The molecule has 3 fully saturated rings. The lowest BCUT2D eigenvalue weighted by Crippen LogP contribution is -2.42. The van der Waals surface area contributed by atoms with Crippen LogP contribution >= 0.6 is 0 Å². The van der Waals surface area contributed by atoms with Crippen molar-refractivity contribution in [3.63, 3.8) is 0 Å². The number of nitrogens with zero attached hydrogens (tertiary/aromatic N) is 2. The average molecular weight is 284 g/mol. The zero-order valence-corrected chi connectivity index (χ0v) is 12.9. The van der Waals surface area contributed by atoms with Crippen molar-refractivity contribution in [2.24, 2.45) is 0 Å². The summed E-state index contributed by atoms with van der Waals surface area (Å²) in [7, 11) is 3.24. The number of likely N-dealkylation sites (tertiary alicyclic amines) is 1. The summed E-state index contributed by atoms with van der Waals surface area (Å²) in [5.74, 6) is 0. The van der Waals surface area contributed by atoms with Gasteiger partial charge in [0.25, 0.3) is 0 Å². The first kappa shape index (κ1) is 15.6. The van der Waals surface area contributed by atoms with E-state index in [-0.39, 0.29) is 6.09 Å². The molecule has 0 atom stereocenters. The number of carbonyl (C=O) groups is 1. The third-order valence-electron chi connectivity index (χ3n) is 4.76. The van der Waals surface area contributed by atoms with Gasteiger partial charge in [0.2, 0.25) is 0 Å². The Kier molecular flexibility index (Phi) is 5.66. The first-order chi connectivity index (χ1) is 9.72. The zero-order chi connectivity index (χ0) is 14.4. The Morgan fingerprint density at radius 3 is 2.10 bits per heavy atom. The minimum Gasteiger partial charge on any atom is -0.453 e. The number of hydrogen-bond donors (Lipinski definition) is 0. The Morgan fingerprint density at radius 1 is 1.00 bits per heavy atom. The van der Waals surface area contributed by atoms with Gasteiger partial charge in [-0.05, 0) is 51.6 Å². The molecule has 3 heterocycles. The van der Waals surface area contributed by atoms with Crippen LogP contribution in [0.25, 0.3) is 0 Å². The summed E-state index contributed by atoms with van der Waals surface area (Å²) in [4.78, 5) is 15.1. The largest absolute Gasteiger partial charge is 0.453 e. The fourth-order valence-corrected chi connectivity index (χ4v) is 3.76. The fraction of sp³-hybridized carbons (Fsp3) is 0.933. The van der Waals surface area contributed by atoms with Gasteiger partial charge in [-0.2, -0.15) is 0 Å². The maximum absolute atomic E-state index is 10.7. The van der Waals surface area contributed by atoms with Gasteiger partial charge in [0, 0.05) is 25.7 Å². The van der Waals surface area contributed by atoms with Crippen LogP contribution < -0.4 is 0 Å². The van der Waals surface area contributed by atoms with Crippen molar-refractivity contribution in [2.75, 3.05) is 47.0 Å². The zero-order valence-electron chi connectivity index (χ0n) is 12.9. The van der Waals surface area contributed by atoms with Gasteiger partial charge in [-0.15, -0.1) is 0 Å². The summed E-state index contributed by atoms with van der Waals surface area (Å²) in [5.41, 5.74) is 0.467. The molecule has 3 aliphatic heterocycles. The molecule has 3 rings (SSSR count). The van der Waals surface area contributed by atoms with Crippen molar-refractivity contribution in [2.45, 2.75) is 44.1 Å². The van der Waals surface area contributed by atoms with E-state index in [0.717, 1.165) is 32.5 Å². The van der Waals surface area contributed by atoms with Gasteiger partial charge in [0.15, 0.2) is 0 Å². The second kappa shape index (κ2) is 7.27. The van der Waals surface area contributed by atoms with Crippen LogP contribution in [0.4, 0.5) is 4.79 Å². The average Bonchev–Trinajstić information content (AvgIpc) is 3.14. The SMILES string of the molecule is COC(=O)N1CCCC1.COCC12CCCN1CCC2. The van der Waals surface area contributed by atoms with E-state index in [1.807, 2.05) is 7.11 Å². The number of amides is 1. The lowest BCUT2D eigenvalue weighted by molar-refractivity contribution is 0.0655. The van der Waals surface area contributed by atoms with E-state index in [9.17, 15) is 4.79 Å². The van der Waals surface area contributed by atoms with E-state index >= 15 is 0 Å². The Hall–Kier alpha value is -0.810. The molecule has 0 spiro atoms. The van der Waals surface area contributed by atoms with E-state index < -0.39 is 0 Å². The van der Waals surface area contributed by atoms with Crippen LogP contribution in [0.5, 0.6) is 0 Å². The van der Waals surface area contributed by atoms with Crippen molar-refractivity contribution in [3.8, 4) is 0 Å². The van der Waals surface area contributed by atoms with Gasteiger partial charge >= 0.3 is 6.09 Å². The molecule has 0 aromatic carbocycles. The quantitative estimate of drug-likeness (QED) is 0.779. The van der Waals surface area contributed by atoms with Crippen molar-refractivity contribution in [1.82, 2.24) is 9.80 Å². The van der Waals surface area contributed by atoms with Crippen LogP contribution in [-0.4, -0.2) is 68.4 Å². The summed E-state index contributed by atoms with van der Waals surface area (Å²) < 4.78 is 9.81. The summed E-state index contributed by atoms with van der Waals surface area (Å²) in [5, 5.41) is 0. The molecule has 3 saturated heterocycles. The number of rotatable bonds is 2. The highest BCUT2D eigenvalue weighted by Gasteiger charge is 2.43. The highest BCUT2D eigenvalue weighted by molar-refractivity contribution is 5.67. The second-order valence-electron chi connectivity index (χ2n) is 6.02. The number of ether oxygens (including phenoxy) is 2. The van der Waals surface area contributed by atoms with E-state index in [2.05, 4.69) is 9.64 Å². The van der Waals surface area contributed by atoms with Crippen LogP contribution in [0.3, 0.4) is 0 Å². The van der Waals surface area contributed by atoms with Gasteiger partial charge in [0.05, 0.1) is 13.7 Å². The monoisotopic (exact) mass is 284 g/mol. The number of hydrogen-bond acceptors (Lipinski definition) is 4. The molecular formula is C15H28N2O3. The minimum atomic E-state index is -0.187. The summed E-state index contributed by atoms with van der Waals surface area (Å²) in [6.45, 7) is 5.30. The normalized spacial score (nSPS) is 24.2. The van der Waals surface area contributed by atoms with Gasteiger partial charge in [-0.25, -0.2) is 4.79 Å². The molecule has 116 valence electrons. The van der Waals surface area contributed by atoms with Crippen LogP contribution in [0.15, 0.2) is 0 Å². The molecule has 20 heavy (non-hydrogen) atoms. The van der Waals surface area contributed by atoms with Gasteiger partial charge in [-0.1, -0.05) is 0 Å². The first-order valence-corrected chi connectivity index (χ1v) is 7.79. The Labute approximate surface area is 122 Å². The molecule has 3 aliphatic rings. The maximum Gasteiger partial charge on any atom is 0.409 e. The van der Waals surface area contributed by atoms with Crippen LogP contribution in [-0.2, 0) is 9.47 Å². The van der Waals surface area contributed by atoms with Gasteiger partial charge in [-0.3, -0.25) is 4.90 Å². The van der Waals surface area contributed by atoms with E-state index in [1.54, 1.807) is 4.90 Å². The van der Waals surface area contributed by atoms with Gasteiger partial charge < -0.3 is 14.4 Å². The lowest BCUT2D eigenvalue weighted by atomic mass is 9.95. The molecule has 0 radical (unpaired) electrons. The summed E-state index contributed by atoms with van der Waals surface area (Å²) in [6.07, 6.45) is 7.53. The smallest absolute Gasteiger partial charge is 0.409 e. The predicted octanol–water partition coefficient (Wildman–Crippen LogP) is 2.11. The molecule has 0 aromatic rings. The van der Waals surface area contributed by atoms with E-state index in [1.165, 1.54) is 45.9 Å². The Balaban J connectivity index is 0.000000151. The molecule has 1 amide bonds. The number of fused-ring (bicyclic) bond motifs is 1. The van der Waals surface area contributed by atoms with E-state index in [4.69, 9.17) is 4.74 Å². The van der Waals surface area contributed by atoms with Crippen molar-refractivity contribution in [1.29, 1.82) is 0 Å². The molecule has 5 nitrogen and oxygen atoms in total. The van der Waals surface area contributed by atoms with E-state index in [0.29, 0.717) is 5.54 Å². The van der Waals surface area contributed by atoms with Crippen LogP contribution in [0.1, 0.15) is 38.5 Å². The standard InChI is InChI=1S/C9H17NO.C6H11NO2/c1-11-8-9-4-2-6-10(9)7-3-5-9;1-9-6(8)7-4-2-3-5-7/h2-8H2,1H3;2-5H2,1H3. The van der Waals surface area contributed by atoms with Crippen LogP contribution in [0, 0.1) is 0 Å². The third-order valence-corrected chi connectivity index (χ3v) is 4.76. The minimum absolute atomic E-state index is 0.187. The molecule has 0 unspecified atom stereocenters.